The van der Waals surface area contributed by atoms with Crippen LogP contribution in [0.3, 0.4) is 0 Å². The molecule has 0 spiro atoms. The molecule has 0 aliphatic rings. The lowest BCUT2D eigenvalue weighted by atomic mass is 9.85. The van der Waals surface area contributed by atoms with E-state index in [1.807, 2.05) is 6.07 Å². The summed E-state index contributed by atoms with van der Waals surface area (Å²) in [5.41, 5.74) is 3.91. The summed E-state index contributed by atoms with van der Waals surface area (Å²) >= 11 is 0. The van der Waals surface area contributed by atoms with Crippen molar-refractivity contribution < 1.29 is 13.9 Å². The Morgan fingerprint density at radius 2 is 1.89 bits per heavy atom. The number of fused-ring (bicyclic) bond motifs is 1. The molecule has 1 aromatic carbocycles. The van der Waals surface area contributed by atoms with Gasteiger partial charge in [-0.3, -0.25) is 0 Å². The number of benzene rings is 1. The van der Waals surface area contributed by atoms with Crippen molar-refractivity contribution in [2.24, 2.45) is 0 Å². The molecule has 0 fully saturated rings. The van der Waals surface area contributed by atoms with E-state index in [-0.39, 0.29) is 5.41 Å². The number of aryl methyl sites for hydroxylation is 1. The number of hydrogen-bond donors (Lipinski definition) is 1. The van der Waals surface area contributed by atoms with Crippen molar-refractivity contribution in [1.82, 2.24) is 15.2 Å². The molecule has 0 aliphatic carbocycles. The van der Waals surface area contributed by atoms with E-state index in [0.717, 1.165) is 16.5 Å². The number of para-hydroxylation sites is 1. The summed E-state index contributed by atoms with van der Waals surface area (Å²) in [7, 11) is 3.15. The normalized spacial score (nSPS) is 12.1. The van der Waals surface area contributed by atoms with Crippen LogP contribution in [-0.2, 0) is 14.9 Å². The summed E-state index contributed by atoms with van der Waals surface area (Å²) < 4.78 is 16.0. The maximum absolute atomic E-state index is 5.73. The van der Waals surface area contributed by atoms with Crippen LogP contribution in [0.25, 0.3) is 22.5 Å². The first kappa shape index (κ1) is 19.3. The summed E-state index contributed by atoms with van der Waals surface area (Å²) in [5.74, 6) is 0.373. The van der Waals surface area contributed by atoms with Gasteiger partial charge in [-0.1, -0.05) is 44.1 Å². The van der Waals surface area contributed by atoms with Gasteiger partial charge in [0.15, 0.2) is 6.29 Å². The monoisotopic (exact) mass is 370 g/mol. The van der Waals surface area contributed by atoms with Gasteiger partial charge in [0.25, 0.3) is 5.89 Å². The highest BCUT2D eigenvalue weighted by atomic mass is 16.7. The molecule has 2 heterocycles. The van der Waals surface area contributed by atoms with E-state index in [9.17, 15) is 0 Å². The highest BCUT2D eigenvalue weighted by Crippen LogP contribution is 2.32. The Morgan fingerprint density at radius 3 is 2.56 bits per heavy atom. The summed E-state index contributed by atoms with van der Waals surface area (Å²) in [6.07, 6.45) is -0.393. The van der Waals surface area contributed by atoms with E-state index in [4.69, 9.17) is 18.9 Å². The van der Waals surface area contributed by atoms with Crippen LogP contribution < -0.4 is 5.32 Å². The number of nitrogens with one attached hydrogen (secondary N) is 1. The minimum atomic E-state index is -0.393. The standard InChI is InChI=1S/C20H26N4O3/c1-12-10-15(18-23-24-19(27-18)21-11-16(25-5)26-6)22-17-13(12)8-7-9-14(17)20(2,3)4/h7-10,16H,11H2,1-6H3,(H,21,24). The fourth-order valence-corrected chi connectivity index (χ4v) is 2.96. The Labute approximate surface area is 159 Å². The van der Waals surface area contributed by atoms with E-state index in [1.54, 1.807) is 14.2 Å². The van der Waals surface area contributed by atoms with Crippen LogP contribution in [0.2, 0.25) is 0 Å². The maximum atomic E-state index is 5.73. The number of pyridine rings is 1. The molecule has 27 heavy (non-hydrogen) atoms. The van der Waals surface area contributed by atoms with Crippen molar-refractivity contribution >= 4 is 16.9 Å². The van der Waals surface area contributed by atoms with E-state index in [0.29, 0.717) is 24.1 Å². The quantitative estimate of drug-likeness (QED) is 0.658. The second-order valence-corrected chi connectivity index (χ2v) is 7.47. The van der Waals surface area contributed by atoms with Gasteiger partial charge in [0.1, 0.15) is 5.69 Å². The summed E-state index contributed by atoms with van der Waals surface area (Å²) in [6.45, 7) is 9.01. The van der Waals surface area contributed by atoms with Crippen LogP contribution in [0.5, 0.6) is 0 Å². The van der Waals surface area contributed by atoms with Crippen LogP contribution >= 0.6 is 0 Å². The highest BCUT2D eigenvalue weighted by Gasteiger charge is 2.20. The number of methoxy groups -OCH3 is 2. The Balaban J connectivity index is 1.96. The minimum Gasteiger partial charge on any atom is -0.402 e. The molecule has 2 aromatic heterocycles. The molecule has 0 aliphatic heterocycles. The molecular formula is C20H26N4O3. The van der Waals surface area contributed by atoms with Crippen molar-refractivity contribution in [3.05, 3.63) is 35.4 Å². The first-order valence-corrected chi connectivity index (χ1v) is 8.87. The molecule has 0 radical (unpaired) electrons. The number of nitrogens with zero attached hydrogens (tertiary/aromatic N) is 3. The number of rotatable bonds is 6. The van der Waals surface area contributed by atoms with Gasteiger partial charge in [-0.05, 0) is 29.5 Å². The van der Waals surface area contributed by atoms with Crippen molar-refractivity contribution in [2.75, 3.05) is 26.1 Å². The molecule has 0 unspecified atom stereocenters. The molecule has 144 valence electrons. The lowest BCUT2D eigenvalue weighted by molar-refractivity contribution is -0.0916. The number of anilines is 1. The van der Waals surface area contributed by atoms with Crippen molar-refractivity contribution in [3.8, 4) is 11.6 Å². The fourth-order valence-electron chi connectivity index (χ4n) is 2.96. The molecule has 1 N–H and O–H groups in total. The number of hydrogen-bond acceptors (Lipinski definition) is 7. The lowest BCUT2D eigenvalue weighted by Crippen LogP contribution is -2.23. The average Bonchev–Trinajstić information content (AvgIpc) is 3.10. The first-order chi connectivity index (χ1) is 12.8. The summed E-state index contributed by atoms with van der Waals surface area (Å²) in [5, 5.41) is 12.3. The van der Waals surface area contributed by atoms with E-state index >= 15 is 0 Å². The van der Waals surface area contributed by atoms with Crippen molar-refractivity contribution in [2.45, 2.75) is 39.4 Å². The Bertz CT molecular complexity index is 927. The third-order valence-corrected chi connectivity index (χ3v) is 4.44. The van der Waals surface area contributed by atoms with E-state index in [2.05, 4.69) is 61.4 Å². The molecular weight excluding hydrogens is 344 g/mol. The Kier molecular flexibility index (Phi) is 5.43. The van der Waals surface area contributed by atoms with Gasteiger partial charge >= 0.3 is 6.01 Å². The molecule has 0 amide bonds. The van der Waals surface area contributed by atoms with Crippen LogP contribution in [0, 0.1) is 6.92 Å². The fraction of sp³-hybridized carbons (Fsp3) is 0.450. The summed E-state index contributed by atoms with van der Waals surface area (Å²) in [4.78, 5) is 4.84. The average molecular weight is 370 g/mol. The van der Waals surface area contributed by atoms with Gasteiger partial charge < -0.3 is 19.2 Å². The third-order valence-electron chi connectivity index (χ3n) is 4.44. The molecule has 0 saturated carbocycles. The van der Waals surface area contributed by atoms with E-state index in [1.165, 1.54) is 5.56 Å². The predicted octanol–water partition coefficient (Wildman–Crippen LogP) is 3.92. The van der Waals surface area contributed by atoms with Crippen molar-refractivity contribution in [1.29, 1.82) is 0 Å². The molecule has 3 rings (SSSR count). The smallest absolute Gasteiger partial charge is 0.315 e. The highest BCUT2D eigenvalue weighted by molar-refractivity contribution is 5.87. The second-order valence-electron chi connectivity index (χ2n) is 7.47. The third kappa shape index (κ3) is 4.09. The minimum absolute atomic E-state index is 0.0194. The Hall–Kier alpha value is -2.51. The number of aromatic nitrogens is 3. The topological polar surface area (TPSA) is 82.3 Å². The zero-order chi connectivity index (χ0) is 19.6. The first-order valence-electron chi connectivity index (χ1n) is 8.87. The zero-order valence-corrected chi connectivity index (χ0v) is 16.7. The molecule has 7 nitrogen and oxygen atoms in total. The predicted molar refractivity (Wildman–Crippen MR) is 105 cm³/mol. The second kappa shape index (κ2) is 7.62. The summed E-state index contributed by atoms with van der Waals surface area (Å²) in [6, 6.07) is 8.56. The maximum Gasteiger partial charge on any atom is 0.315 e. The zero-order valence-electron chi connectivity index (χ0n) is 16.7. The van der Waals surface area contributed by atoms with Gasteiger partial charge in [0.2, 0.25) is 0 Å². The van der Waals surface area contributed by atoms with Crippen LogP contribution in [-0.4, -0.2) is 42.2 Å². The van der Waals surface area contributed by atoms with Crippen molar-refractivity contribution in [3.63, 3.8) is 0 Å². The molecule has 0 saturated heterocycles. The van der Waals surface area contributed by atoms with Crippen LogP contribution in [0.15, 0.2) is 28.7 Å². The molecule has 0 bridgehead atoms. The molecule has 7 heteroatoms. The van der Waals surface area contributed by atoms with Gasteiger partial charge in [0.05, 0.1) is 12.1 Å². The SMILES string of the molecule is COC(CNc1nnc(-c2cc(C)c3cccc(C(C)(C)C)c3n2)o1)OC. The Morgan fingerprint density at radius 1 is 1.15 bits per heavy atom. The lowest BCUT2D eigenvalue weighted by Gasteiger charge is -2.21. The molecule has 0 atom stereocenters. The van der Waals surface area contributed by atoms with Crippen LogP contribution in [0.1, 0.15) is 31.9 Å². The largest absolute Gasteiger partial charge is 0.402 e. The number of ether oxygens (including phenoxy) is 2. The van der Waals surface area contributed by atoms with Gasteiger partial charge in [-0.25, -0.2) is 4.98 Å². The van der Waals surface area contributed by atoms with Gasteiger partial charge in [0, 0.05) is 19.6 Å². The van der Waals surface area contributed by atoms with E-state index < -0.39 is 6.29 Å². The van der Waals surface area contributed by atoms with Crippen LogP contribution in [0.4, 0.5) is 6.01 Å². The molecule has 3 aromatic rings. The van der Waals surface area contributed by atoms with Gasteiger partial charge in [-0.15, -0.1) is 5.10 Å². The van der Waals surface area contributed by atoms with Gasteiger partial charge in [-0.2, -0.15) is 0 Å².